The molecule has 0 saturated carbocycles. The Morgan fingerprint density at radius 2 is 2.09 bits per heavy atom. The zero-order valence-electron chi connectivity index (χ0n) is 11.5. The van der Waals surface area contributed by atoms with Crippen LogP contribution in [0.2, 0.25) is 0 Å². The summed E-state index contributed by atoms with van der Waals surface area (Å²) in [6.07, 6.45) is 0.671. The molecule has 3 aromatic rings. The Hall–Kier alpha value is -1.84. The molecule has 0 fully saturated rings. The van der Waals surface area contributed by atoms with Gasteiger partial charge in [0.05, 0.1) is 5.69 Å². The third kappa shape index (κ3) is 3.49. The molecular formula is C13H11N5OS3. The van der Waals surface area contributed by atoms with Crippen molar-refractivity contribution in [2.24, 2.45) is 0 Å². The maximum Gasteiger partial charge on any atom is 0.271 e. The van der Waals surface area contributed by atoms with Gasteiger partial charge in [0.1, 0.15) is 4.88 Å². The second-order valence-electron chi connectivity index (χ2n) is 4.15. The number of aryl methyl sites for hydroxylation is 1. The van der Waals surface area contributed by atoms with Crippen molar-refractivity contribution in [3.8, 4) is 0 Å². The summed E-state index contributed by atoms with van der Waals surface area (Å²) in [7, 11) is 0. The molecular weight excluding hydrogens is 338 g/mol. The highest BCUT2D eigenvalue weighted by Crippen LogP contribution is 2.27. The summed E-state index contributed by atoms with van der Waals surface area (Å²) < 4.78 is 8.05. The van der Waals surface area contributed by atoms with E-state index in [1.54, 1.807) is 0 Å². The SMILES string of the molecule is CCc1nnsc1C(=O)Nc1nc(Sc2ccccc2)ns1. The van der Waals surface area contributed by atoms with E-state index < -0.39 is 0 Å². The lowest BCUT2D eigenvalue weighted by Gasteiger charge is -1.98. The van der Waals surface area contributed by atoms with E-state index in [4.69, 9.17) is 0 Å². The Bertz CT molecular complexity index is 771. The molecule has 1 aromatic carbocycles. The summed E-state index contributed by atoms with van der Waals surface area (Å²) >= 11 is 3.70. The first-order valence-corrected chi connectivity index (χ1v) is 8.81. The van der Waals surface area contributed by atoms with Gasteiger partial charge in [0.2, 0.25) is 10.3 Å². The number of hydrogen-bond acceptors (Lipinski definition) is 8. The molecule has 2 heterocycles. The maximum absolute atomic E-state index is 12.2. The third-order valence-electron chi connectivity index (χ3n) is 2.68. The van der Waals surface area contributed by atoms with Crippen molar-refractivity contribution in [1.29, 1.82) is 0 Å². The van der Waals surface area contributed by atoms with Crippen LogP contribution in [-0.2, 0) is 6.42 Å². The molecule has 3 rings (SSSR count). The largest absolute Gasteiger partial charge is 0.296 e. The van der Waals surface area contributed by atoms with Crippen LogP contribution < -0.4 is 5.32 Å². The van der Waals surface area contributed by atoms with E-state index in [1.165, 1.54) is 11.8 Å². The Kier molecular flexibility index (Phi) is 4.76. The molecule has 0 spiro atoms. The number of carbonyl (C=O) groups excluding carboxylic acids is 1. The van der Waals surface area contributed by atoms with Crippen LogP contribution in [0.5, 0.6) is 0 Å². The molecule has 0 saturated heterocycles. The first kappa shape index (κ1) is 15.1. The molecule has 0 unspecified atom stereocenters. The monoisotopic (exact) mass is 349 g/mol. The van der Waals surface area contributed by atoms with Crippen molar-refractivity contribution in [3.63, 3.8) is 0 Å². The Morgan fingerprint density at radius 1 is 1.27 bits per heavy atom. The number of anilines is 1. The second-order valence-corrected chi connectivity index (χ2v) is 6.70. The fourth-order valence-electron chi connectivity index (χ4n) is 1.66. The molecule has 9 heteroatoms. The fourth-order valence-corrected chi connectivity index (χ4v) is 3.74. The van der Waals surface area contributed by atoms with Crippen LogP contribution in [0.25, 0.3) is 0 Å². The minimum absolute atomic E-state index is 0.237. The van der Waals surface area contributed by atoms with Crippen LogP contribution in [0, 0.1) is 0 Å². The average Bonchev–Trinajstić information content (AvgIpc) is 3.17. The molecule has 1 N–H and O–H groups in total. The van der Waals surface area contributed by atoms with Gasteiger partial charge in [-0.2, -0.15) is 9.36 Å². The van der Waals surface area contributed by atoms with Crippen molar-refractivity contribution in [2.75, 3.05) is 5.32 Å². The van der Waals surface area contributed by atoms with E-state index in [2.05, 4.69) is 24.3 Å². The van der Waals surface area contributed by atoms with E-state index in [-0.39, 0.29) is 5.91 Å². The molecule has 112 valence electrons. The number of rotatable bonds is 5. The van der Waals surface area contributed by atoms with Crippen molar-refractivity contribution in [3.05, 3.63) is 40.9 Å². The summed E-state index contributed by atoms with van der Waals surface area (Å²) in [4.78, 5) is 18.1. The molecule has 1 amide bonds. The van der Waals surface area contributed by atoms with Gasteiger partial charge in [-0.25, -0.2) is 0 Å². The van der Waals surface area contributed by atoms with Gasteiger partial charge >= 0.3 is 0 Å². The van der Waals surface area contributed by atoms with Crippen LogP contribution in [0.15, 0.2) is 40.4 Å². The van der Waals surface area contributed by atoms with E-state index in [1.807, 2.05) is 37.3 Å². The van der Waals surface area contributed by atoms with Gasteiger partial charge in [0.15, 0.2) is 0 Å². The molecule has 0 radical (unpaired) electrons. The average molecular weight is 349 g/mol. The molecule has 0 aliphatic rings. The van der Waals surface area contributed by atoms with Crippen LogP contribution in [0.1, 0.15) is 22.3 Å². The topological polar surface area (TPSA) is 80.7 Å². The predicted octanol–water partition coefficient (Wildman–Crippen LogP) is 3.36. The zero-order valence-corrected chi connectivity index (χ0v) is 14.0. The number of amides is 1. The van der Waals surface area contributed by atoms with Crippen molar-refractivity contribution in [2.45, 2.75) is 23.4 Å². The number of benzene rings is 1. The van der Waals surface area contributed by atoms with Gasteiger partial charge in [-0.15, -0.1) is 5.10 Å². The van der Waals surface area contributed by atoms with Gasteiger partial charge in [0.25, 0.3) is 5.91 Å². The van der Waals surface area contributed by atoms with Crippen LogP contribution in [0.4, 0.5) is 5.13 Å². The number of nitrogens with zero attached hydrogens (tertiary/aromatic N) is 4. The highest BCUT2D eigenvalue weighted by molar-refractivity contribution is 7.99. The minimum Gasteiger partial charge on any atom is -0.296 e. The van der Waals surface area contributed by atoms with E-state index >= 15 is 0 Å². The predicted molar refractivity (Wildman–Crippen MR) is 87.7 cm³/mol. The van der Waals surface area contributed by atoms with Crippen molar-refractivity contribution in [1.82, 2.24) is 18.9 Å². The third-order valence-corrected chi connectivity index (χ3v) is 5.06. The Morgan fingerprint density at radius 3 is 2.86 bits per heavy atom. The number of hydrogen-bond donors (Lipinski definition) is 1. The summed E-state index contributed by atoms with van der Waals surface area (Å²) in [5.41, 5.74) is 0.700. The fraction of sp³-hybridized carbons (Fsp3) is 0.154. The molecule has 0 atom stereocenters. The number of aromatic nitrogens is 4. The molecule has 6 nitrogen and oxygen atoms in total. The zero-order chi connectivity index (χ0) is 15.4. The molecule has 22 heavy (non-hydrogen) atoms. The highest BCUT2D eigenvalue weighted by atomic mass is 32.2. The maximum atomic E-state index is 12.2. The van der Waals surface area contributed by atoms with Crippen LogP contribution in [0.3, 0.4) is 0 Å². The normalized spacial score (nSPS) is 10.6. The molecule has 0 aliphatic carbocycles. The smallest absolute Gasteiger partial charge is 0.271 e. The van der Waals surface area contributed by atoms with E-state index in [0.29, 0.717) is 27.3 Å². The standard InChI is InChI=1S/C13H11N5OS3/c1-2-9-10(21-18-16-9)11(19)14-12-15-13(17-22-12)20-8-6-4-3-5-7-8/h3-7H,2H2,1H3,(H,14,15,17,19). The van der Waals surface area contributed by atoms with Crippen LogP contribution in [-0.4, -0.2) is 24.9 Å². The molecule has 0 bridgehead atoms. The van der Waals surface area contributed by atoms with E-state index in [0.717, 1.165) is 28.0 Å². The van der Waals surface area contributed by atoms with Gasteiger partial charge in [-0.05, 0) is 41.8 Å². The van der Waals surface area contributed by atoms with Gasteiger partial charge in [-0.3, -0.25) is 10.1 Å². The van der Waals surface area contributed by atoms with Crippen LogP contribution >= 0.6 is 34.8 Å². The summed E-state index contributed by atoms with van der Waals surface area (Å²) in [5, 5.41) is 7.76. The highest BCUT2D eigenvalue weighted by Gasteiger charge is 2.17. The summed E-state index contributed by atoms with van der Waals surface area (Å²) in [6, 6.07) is 9.85. The lowest BCUT2D eigenvalue weighted by Crippen LogP contribution is -2.12. The number of nitrogens with one attached hydrogen (secondary N) is 1. The Labute approximate surface area is 139 Å². The van der Waals surface area contributed by atoms with E-state index in [9.17, 15) is 4.79 Å². The van der Waals surface area contributed by atoms with Gasteiger partial charge < -0.3 is 0 Å². The quantitative estimate of drug-likeness (QED) is 0.761. The van der Waals surface area contributed by atoms with Crippen molar-refractivity contribution < 1.29 is 4.79 Å². The minimum atomic E-state index is -0.237. The number of carbonyl (C=O) groups is 1. The van der Waals surface area contributed by atoms with Gasteiger partial charge in [-0.1, -0.05) is 29.6 Å². The molecule has 2 aromatic heterocycles. The second kappa shape index (κ2) is 6.95. The Balaban J connectivity index is 1.68. The summed E-state index contributed by atoms with van der Waals surface area (Å²) in [6.45, 7) is 1.94. The lowest BCUT2D eigenvalue weighted by atomic mass is 10.3. The summed E-state index contributed by atoms with van der Waals surface area (Å²) in [5.74, 6) is -0.237. The van der Waals surface area contributed by atoms with Gasteiger partial charge in [0, 0.05) is 16.4 Å². The molecule has 0 aliphatic heterocycles. The lowest BCUT2D eigenvalue weighted by molar-refractivity contribution is 0.102. The first-order chi connectivity index (χ1) is 10.8. The first-order valence-electron chi connectivity index (χ1n) is 6.45. The van der Waals surface area contributed by atoms with Crippen molar-refractivity contribution >= 4 is 45.9 Å².